The van der Waals surface area contributed by atoms with Gasteiger partial charge in [0.05, 0.1) is 11.6 Å². The Morgan fingerprint density at radius 1 is 1.15 bits per heavy atom. The fourth-order valence-corrected chi connectivity index (χ4v) is 2.43. The van der Waals surface area contributed by atoms with Crippen LogP contribution in [0, 0.1) is 13.8 Å². The number of benzene rings is 2. The molecule has 4 heteroatoms. The van der Waals surface area contributed by atoms with Crippen molar-refractivity contribution in [3.05, 3.63) is 69.2 Å². The Labute approximate surface area is 116 Å². The molecule has 1 heterocycles. The Morgan fingerprint density at radius 2 is 1.95 bits per heavy atom. The molecular weight excluding hydrogens is 252 g/mol. The number of H-pyrrole nitrogens is 1. The molecule has 0 aliphatic heterocycles. The number of hydrogen-bond acceptors (Lipinski definition) is 3. The maximum Gasteiger partial charge on any atom is 0.417 e. The van der Waals surface area contributed by atoms with Gasteiger partial charge in [-0.25, -0.2) is 4.79 Å². The average Bonchev–Trinajstić information content (AvgIpc) is 2.79. The minimum atomic E-state index is -0.447. The lowest BCUT2D eigenvalue weighted by atomic mass is 9.94. The second kappa shape index (κ2) is 4.65. The van der Waals surface area contributed by atoms with Crippen LogP contribution in [0.5, 0.6) is 0 Å². The molecule has 0 radical (unpaired) electrons. The molecule has 1 atom stereocenters. The summed E-state index contributed by atoms with van der Waals surface area (Å²) in [4.78, 5) is 13.8. The first kappa shape index (κ1) is 12.7. The van der Waals surface area contributed by atoms with Gasteiger partial charge in [0.25, 0.3) is 0 Å². The van der Waals surface area contributed by atoms with Gasteiger partial charge < -0.3 is 10.2 Å². The molecule has 1 aromatic heterocycles. The first-order valence-corrected chi connectivity index (χ1v) is 6.50. The standard InChI is InChI=1S/C16H16N2O2/c1-9-3-4-10(2)12(7-9)15(17)11-5-6-13-14(8-11)20-16(19)18-13/h3-8,15H,17H2,1-2H3,(H,18,19). The highest BCUT2D eigenvalue weighted by atomic mass is 16.4. The van der Waals surface area contributed by atoms with E-state index in [-0.39, 0.29) is 6.04 Å². The van der Waals surface area contributed by atoms with Gasteiger partial charge in [0.2, 0.25) is 0 Å². The molecular formula is C16H16N2O2. The van der Waals surface area contributed by atoms with Crippen LogP contribution in [0.2, 0.25) is 0 Å². The molecule has 20 heavy (non-hydrogen) atoms. The van der Waals surface area contributed by atoms with Crippen LogP contribution in [-0.2, 0) is 0 Å². The molecule has 102 valence electrons. The minimum Gasteiger partial charge on any atom is -0.408 e. The van der Waals surface area contributed by atoms with Gasteiger partial charge in [-0.05, 0) is 42.7 Å². The zero-order valence-electron chi connectivity index (χ0n) is 11.4. The second-order valence-corrected chi connectivity index (χ2v) is 5.11. The summed E-state index contributed by atoms with van der Waals surface area (Å²) in [5.74, 6) is -0.447. The number of aromatic nitrogens is 1. The third-order valence-electron chi connectivity index (χ3n) is 3.57. The zero-order valence-corrected chi connectivity index (χ0v) is 11.4. The van der Waals surface area contributed by atoms with Gasteiger partial charge in [-0.1, -0.05) is 29.8 Å². The number of aromatic amines is 1. The molecule has 3 rings (SSSR count). The minimum absolute atomic E-state index is 0.237. The quantitative estimate of drug-likeness (QED) is 0.750. The SMILES string of the molecule is Cc1ccc(C)c(C(N)c2ccc3[nH]c(=O)oc3c2)c1. The van der Waals surface area contributed by atoms with E-state index in [1.54, 1.807) is 0 Å². The number of nitrogens with two attached hydrogens (primary N) is 1. The molecule has 3 aromatic rings. The summed E-state index contributed by atoms with van der Waals surface area (Å²) in [6.07, 6.45) is 0. The van der Waals surface area contributed by atoms with E-state index in [2.05, 4.69) is 23.2 Å². The van der Waals surface area contributed by atoms with Crippen molar-refractivity contribution >= 4 is 11.1 Å². The fraction of sp³-hybridized carbons (Fsp3) is 0.188. The van der Waals surface area contributed by atoms with Crippen molar-refractivity contribution < 1.29 is 4.42 Å². The van der Waals surface area contributed by atoms with Crippen molar-refractivity contribution in [3.8, 4) is 0 Å². The van der Waals surface area contributed by atoms with Gasteiger partial charge in [-0.2, -0.15) is 0 Å². The molecule has 4 nitrogen and oxygen atoms in total. The van der Waals surface area contributed by atoms with Crippen LogP contribution >= 0.6 is 0 Å². The molecule has 0 fully saturated rings. The van der Waals surface area contributed by atoms with Crippen LogP contribution < -0.4 is 11.5 Å². The van der Waals surface area contributed by atoms with E-state index in [0.29, 0.717) is 11.1 Å². The number of oxazole rings is 1. The van der Waals surface area contributed by atoms with Crippen LogP contribution in [0.1, 0.15) is 28.3 Å². The summed E-state index contributed by atoms with van der Waals surface area (Å²) < 4.78 is 5.08. The highest BCUT2D eigenvalue weighted by Gasteiger charge is 2.13. The number of rotatable bonds is 2. The van der Waals surface area contributed by atoms with E-state index in [9.17, 15) is 4.79 Å². The van der Waals surface area contributed by atoms with Crippen LogP contribution in [-0.4, -0.2) is 4.98 Å². The van der Waals surface area contributed by atoms with E-state index in [1.165, 1.54) is 5.56 Å². The maximum atomic E-state index is 11.2. The summed E-state index contributed by atoms with van der Waals surface area (Å²) in [5, 5.41) is 0. The lowest BCUT2D eigenvalue weighted by Crippen LogP contribution is -2.13. The van der Waals surface area contributed by atoms with Gasteiger partial charge in [0.15, 0.2) is 5.58 Å². The van der Waals surface area contributed by atoms with Crippen molar-refractivity contribution in [2.45, 2.75) is 19.9 Å². The highest BCUT2D eigenvalue weighted by molar-refractivity contribution is 5.73. The third kappa shape index (κ3) is 2.14. The number of nitrogens with one attached hydrogen (secondary N) is 1. The molecule has 0 saturated carbocycles. The lowest BCUT2D eigenvalue weighted by Gasteiger charge is -2.16. The summed E-state index contributed by atoms with van der Waals surface area (Å²) >= 11 is 0. The molecule has 0 amide bonds. The number of hydrogen-bond donors (Lipinski definition) is 2. The largest absolute Gasteiger partial charge is 0.417 e. The second-order valence-electron chi connectivity index (χ2n) is 5.11. The van der Waals surface area contributed by atoms with Crippen LogP contribution in [0.15, 0.2) is 45.6 Å². The van der Waals surface area contributed by atoms with Gasteiger partial charge in [-0.3, -0.25) is 4.98 Å². The van der Waals surface area contributed by atoms with Gasteiger partial charge >= 0.3 is 5.76 Å². The molecule has 3 N–H and O–H groups in total. The topological polar surface area (TPSA) is 72.0 Å². The van der Waals surface area contributed by atoms with E-state index in [0.717, 1.165) is 16.7 Å². The van der Waals surface area contributed by atoms with Crippen molar-refractivity contribution in [1.29, 1.82) is 0 Å². The van der Waals surface area contributed by atoms with Crippen molar-refractivity contribution in [2.75, 3.05) is 0 Å². The van der Waals surface area contributed by atoms with Crippen molar-refractivity contribution in [1.82, 2.24) is 4.98 Å². The Balaban J connectivity index is 2.09. The van der Waals surface area contributed by atoms with E-state index >= 15 is 0 Å². The summed E-state index contributed by atoms with van der Waals surface area (Å²) in [7, 11) is 0. The summed E-state index contributed by atoms with van der Waals surface area (Å²) in [6.45, 7) is 4.09. The molecule has 0 aliphatic carbocycles. The van der Waals surface area contributed by atoms with E-state index < -0.39 is 5.76 Å². The predicted molar refractivity (Wildman–Crippen MR) is 78.8 cm³/mol. The molecule has 1 unspecified atom stereocenters. The Morgan fingerprint density at radius 3 is 2.75 bits per heavy atom. The van der Waals surface area contributed by atoms with E-state index in [1.807, 2.05) is 32.0 Å². The monoisotopic (exact) mass is 268 g/mol. The molecule has 0 saturated heterocycles. The molecule has 0 aliphatic rings. The average molecular weight is 268 g/mol. The molecule has 2 aromatic carbocycles. The summed E-state index contributed by atoms with van der Waals surface area (Å²) in [5.41, 5.74) is 11.9. The van der Waals surface area contributed by atoms with Crippen molar-refractivity contribution in [2.24, 2.45) is 5.73 Å². The summed E-state index contributed by atoms with van der Waals surface area (Å²) in [6, 6.07) is 11.6. The number of aryl methyl sites for hydroxylation is 2. The van der Waals surface area contributed by atoms with E-state index in [4.69, 9.17) is 10.2 Å². The Hall–Kier alpha value is -2.33. The smallest absolute Gasteiger partial charge is 0.408 e. The predicted octanol–water partition coefficient (Wildman–Crippen LogP) is 2.79. The lowest BCUT2D eigenvalue weighted by molar-refractivity contribution is 0.555. The number of fused-ring (bicyclic) bond motifs is 1. The van der Waals surface area contributed by atoms with Crippen molar-refractivity contribution in [3.63, 3.8) is 0 Å². The first-order chi connectivity index (χ1) is 9.54. The molecule has 0 bridgehead atoms. The Bertz CT molecular complexity index is 830. The third-order valence-corrected chi connectivity index (χ3v) is 3.57. The van der Waals surface area contributed by atoms with Crippen LogP contribution in [0.4, 0.5) is 0 Å². The normalized spacial score (nSPS) is 12.8. The van der Waals surface area contributed by atoms with Crippen LogP contribution in [0.3, 0.4) is 0 Å². The van der Waals surface area contributed by atoms with Gasteiger partial charge in [-0.15, -0.1) is 0 Å². The zero-order chi connectivity index (χ0) is 14.3. The fourth-order valence-electron chi connectivity index (χ4n) is 2.43. The molecule has 0 spiro atoms. The first-order valence-electron chi connectivity index (χ1n) is 6.50. The van der Waals surface area contributed by atoms with Crippen LogP contribution in [0.25, 0.3) is 11.1 Å². The Kier molecular flexibility index (Phi) is 2.95. The maximum absolute atomic E-state index is 11.2. The van der Waals surface area contributed by atoms with Gasteiger partial charge in [0.1, 0.15) is 0 Å². The highest BCUT2D eigenvalue weighted by Crippen LogP contribution is 2.25. The van der Waals surface area contributed by atoms with Gasteiger partial charge in [0, 0.05) is 0 Å².